The lowest BCUT2D eigenvalue weighted by molar-refractivity contribution is -0.0206. The van der Waals surface area contributed by atoms with Crippen molar-refractivity contribution in [1.82, 2.24) is 20.1 Å². The lowest BCUT2D eigenvalue weighted by atomic mass is 9.57. The van der Waals surface area contributed by atoms with Crippen molar-refractivity contribution in [3.8, 4) is 0 Å². The van der Waals surface area contributed by atoms with Gasteiger partial charge in [-0.2, -0.15) is 5.10 Å². The minimum absolute atomic E-state index is 0.122. The first kappa shape index (κ1) is 26.2. The summed E-state index contributed by atoms with van der Waals surface area (Å²) >= 11 is 0. The predicted octanol–water partition coefficient (Wildman–Crippen LogP) is 4.60. The zero-order valence-electron chi connectivity index (χ0n) is 23.6. The quantitative estimate of drug-likeness (QED) is 0.430. The number of hydrogen-bond acceptors (Lipinski definition) is 7. The molecule has 0 atom stereocenters. The van der Waals surface area contributed by atoms with Crippen molar-refractivity contribution in [2.75, 3.05) is 37.5 Å². The third-order valence-corrected chi connectivity index (χ3v) is 9.55. The molecule has 8 nitrogen and oxygen atoms in total. The fourth-order valence-electron chi connectivity index (χ4n) is 6.82. The zero-order chi connectivity index (χ0) is 26.4. The van der Waals surface area contributed by atoms with Crippen molar-refractivity contribution in [1.29, 1.82) is 5.41 Å². The molecule has 3 saturated carbocycles. The number of pyridine rings is 1. The van der Waals surface area contributed by atoms with Crippen LogP contribution in [0.4, 0.5) is 11.5 Å². The number of ether oxygens (including phenoxy) is 1. The maximum absolute atomic E-state index is 8.02. The third-order valence-electron chi connectivity index (χ3n) is 9.55. The van der Waals surface area contributed by atoms with Crippen LogP contribution in [0.1, 0.15) is 80.6 Å². The van der Waals surface area contributed by atoms with Gasteiger partial charge in [-0.1, -0.05) is 0 Å². The standard InChI is InChI=1S/C29H45N7O/c1-20-15-25(22(16-30)26(31-5)33-20)35-14-7-24-23(17-35)21(2)34-36(24)19-28-8-11-29(12-9-28,13-10-28)32-18-27(3,4)37-6/h15-16,30,32H,7-14,17-19H2,1-6H3,(H,31,33). The van der Waals surface area contributed by atoms with E-state index >= 15 is 0 Å². The first-order valence-corrected chi connectivity index (χ1v) is 13.9. The summed E-state index contributed by atoms with van der Waals surface area (Å²) in [5.74, 6) is 0.772. The van der Waals surface area contributed by atoms with E-state index in [2.05, 4.69) is 52.0 Å². The van der Waals surface area contributed by atoms with Crippen molar-refractivity contribution >= 4 is 17.7 Å². The summed E-state index contributed by atoms with van der Waals surface area (Å²) < 4.78 is 8.03. The van der Waals surface area contributed by atoms with Crippen LogP contribution >= 0.6 is 0 Å². The van der Waals surface area contributed by atoms with E-state index in [0.29, 0.717) is 11.0 Å². The lowest BCUT2D eigenvalue weighted by Crippen LogP contribution is -2.58. The molecule has 3 aliphatic carbocycles. The Labute approximate surface area is 222 Å². The molecule has 0 spiro atoms. The van der Waals surface area contributed by atoms with Gasteiger partial charge in [0.15, 0.2) is 0 Å². The number of nitrogens with zero attached hydrogens (tertiary/aromatic N) is 4. The molecule has 1 aliphatic heterocycles. The Morgan fingerprint density at radius 1 is 1.16 bits per heavy atom. The average molecular weight is 508 g/mol. The van der Waals surface area contributed by atoms with Gasteiger partial charge in [0.1, 0.15) is 5.82 Å². The van der Waals surface area contributed by atoms with E-state index in [0.717, 1.165) is 61.1 Å². The minimum atomic E-state index is -0.122. The Hall–Kier alpha value is -2.45. The maximum Gasteiger partial charge on any atom is 0.136 e. The second-order valence-electron chi connectivity index (χ2n) is 12.4. The van der Waals surface area contributed by atoms with Crippen molar-refractivity contribution in [3.63, 3.8) is 0 Å². The average Bonchev–Trinajstić information content (AvgIpc) is 3.22. The van der Waals surface area contributed by atoms with Gasteiger partial charge in [0.25, 0.3) is 0 Å². The van der Waals surface area contributed by atoms with Crippen molar-refractivity contribution in [3.05, 3.63) is 34.3 Å². The smallest absolute Gasteiger partial charge is 0.136 e. The number of aryl methyl sites for hydroxylation is 2. The summed E-state index contributed by atoms with van der Waals surface area (Å²) in [6, 6.07) is 2.11. The topological polar surface area (TPSA) is 91.1 Å². The largest absolute Gasteiger partial charge is 0.377 e. The van der Waals surface area contributed by atoms with Gasteiger partial charge < -0.3 is 25.7 Å². The number of rotatable bonds is 9. The molecule has 0 unspecified atom stereocenters. The highest BCUT2D eigenvalue weighted by molar-refractivity contribution is 5.92. The second-order valence-corrected chi connectivity index (χ2v) is 12.4. The Balaban J connectivity index is 1.30. The summed E-state index contributed by atoms with van der Waals surface area (Å²) in [7, 11) is 3.68. The Bertz CT molecular complexity index is 1140. The molecule has 2 aromatic rings. The third kappa shape index (κ3) is 4.90. The predicted molar refractivity (Wildman–Crippen MR) is 150 cm³/mol. The highest BCUT2D eigenvalue weighted by Gasteiger charge is 2.49. The molecule has 202 valence electrons. The highest BCUT2D eigenvalue weighted by atomic mass is 16.5. The number of methoxy groups -OCH3 is 1. The van der Waals surface area contributed by atoms with E-state index in [9.17, 15) is 0 Å². The van der Waals surface area contributed by atoms with Gasteiger partial charge in [0.2, 0.25) is 0 Å². The molecule has 0 saturated heterocycles. The van der Waals surface area contributed by atoms with E-state index < -0.39 is 0 Å². The van der Waals surface area contributed by atoms with Crippen LogP contribution in [0, 0.1) is 24.7 Å². The molecule has 6 rings (SSSR count). The monoisotopic (exact) mass is 507 g/mol. The number of anilines is 2. The normalized spacial score (nSPS) is 25.3. The molecule has 2 bridgehead atoms. The molecule has 3 N–H and O–H groups in total. The van der Waals surface area contributed by atoms with Crippen molar-refractivity contribution in [2.24, 2.45) is 5.41 Å². The molecule has 37 heavy (non-hydrogen) atoms. The first-order chi connectivity index (χ1) is 17.6. The summed E-state index contributed by atoms with van der Waals surface area (Å²) in [6.07, 6.45) is 10.0. The number of fused-ring (bicyclic) bond motifs is 4. The molecule has 2 aromatic heterocycles. The summed E-state index contributed by atoms with van der Waals surface area (Å²) in [5.41, 5.74) is 7.39. The number of aromatic nitrogens is 3. The van der Waals surface area contributed by atoms with Crippen molar-refractivity contribution < 1.29 is 4.74 Å². The molecule has 4 aliphatic rings. The van der Waals surface area contributed by atoms with Crippen LogP contribution in [0.3, 0.4) is 0 Å². The summed E-state index contributed by atoms with van der Waals surface area (Å²) in [5, 5.41) is 20.2. The first-order valence-electron chi connectivity index (χ1n) is 13.9. The molecule has 3 fully saturated rings. The molecule has 8 heteroatoms. The number of hydrogen-bond donors (Lipinski definition) is 3. The minimum Gasteiger partial charge on any atom is -0.377 e. The Morgan fingerprint density at radius 3 is 2.49 bits per heavy atom. The zero-order valence-corrected chi connectivity index (χ0v) is 23.6. The van der Waals surface area contributed by atoms with Crippen LogP contribution in [-0.4, -0.2) is 59.4 Å². The highest BCUT2D eigenvalue weighted by Crippen LogP contribution is 2.53. The fraction of sp³-hybridized carbons (Fsp3) is 0.690. The van der Waals surface area contributed by atoms with Crippen LogP contribution in [0.15, 0.2) is 6.07 Å². The van der Waals surface area contributed by atoms with Crippen LogP contribution in [0.5, 0.6) is 0 Å². The molecular weight excluding hydrogens is 462 g/mol. The van der Waals surface area contributed by atoms with Crippen molar-refractivity contribution in [2.45, 2.75) is 96.9 Å². The van der Waals surface area contributed by atoms with Gasteiger partial charge in [-0.15, -0.1) is 0 Å². The van der Waals surface area contributed by atoms with Crippen LogP contribution < -0.4 is 15.5 Å². The van der Waals surface area contributed by atoms with E-state index in [4.69, 9.17) is 15.2 Å². The molecule has 0 aromatic carbocycles. The molecule has 0 amide bonds. The van der Waals surface area contributed by atoms with Gasteiger partial charge >= 0.3 is 0 Å². The van der Waals surface area contributed by atoms with Gasteiger partial charge in [0.05, 0.1) is 22.5 Å². The summed E-state index contributed by atoms with van der Waals surface area (Å²) in [6.45, 7) is 12.2. The van der Waals surface area contributed by atoms with Crippen LogP contribution in [0.2, 0.25) is 0 Å². The molecule has 3 heterocycles. The second kappa shape index (κ2) is 9.70. The van der Waals surface area contributed by atoms with Crippen LogP contribution in [-0.2, 0) is 24.2 Å². The Morgan fingerprint density at radius 2 is 1.86 bits per heavy atom. The summed E-state index contributed by atoms with van der Waals surface area (Å²) in [4.78, 5) is 6.99. The van der Waals surface area contributed by atoms with E-state index in [-0.39, 0.29) is 5.60 Å². The molecular formula is C29H45N7O. The lowest BCUT2D eigenvalue weighted by Gasteiger charge is -2.54. The van der Waals surface area contributed by atoms with Crippen LogP contribution in [0.25, 0.3) is 0 Å². The maximum atomic E-state index is 8.02. The SMILES string of the molecule is CNc1nc(C)cc(N2CCc3c(c(C)nn3CC34CCC(NCC(C)(C)OC)(CC3)CC4)C2)c1C=N. The fourth-order valence-corrected chi connectivity index (χ4v) is 6.82. The van der Waals surface area contributed by atoms with Gasteiger partial charge in [0, 0.05) is 75.5 Å². The van der Waals surface area contributed by atoms with Gasteiger partial charge in [-0.05, 0) is 77.7 Å². The van der Waals surface area contributed by atoms with E-state index in [1.807, 2.05) is 21.1 Å². The number of nitrogens with one attached hydrogen (secondary N) is 3. The molecule has 0 radical (unpaired) electrons. The van der Waals surface area contributed by atoms with Gasteiger partial charge in [-0.25, -0.2) is 4.98 Å². The van der Waals surface area contributed by atoms with E-state index in [1.165, 1.54) is 56.0 Å². The van der Waals surface area contributed by atoms with E-state index in [1.54, 1.807) is 0 Å². The Kier molecular flexibility index (Phi) is 6.86. The van der Waals surface area contributed by atoms with Gasteiger partial charge in [-0.3, -0.25) is 4.68 Å².